The Bertz CT molecular complexity index is 862. The number of carbonyl (C=O) groups excluding carboxylic acids is 2. The largest absolute Gasteiger partial charge is 0.352 e. The summed E-state index contributed by atoms with van der Waals surface area (Å²) in [6.45, 7) is 3.96. The highest BCUT2D eigenvalue weighted by Gasteiger charge is 2.27. The van der Waals surface area contributed by atoms with Gasteiger partial charge in [0.05, 0.1) is 32.2 Å². The van der Waals surface area contributed by atoms with Crippen LogP contribution in [0.25, 0.3) is 0 Å². The molecule has 1 aliphatic rings. The summed E-state index contributed by atoms with van der Waals surface area (Å²) in [5.41, 5.74) is 2.10. The lowest BCUT2D eigenvalue weighted by molar-refractivity contribution is -0.123. The van der Waals surface area contributed by atoms with E-state index in [-0.39, 0.29) is 30.8 Å². The van der Waals surface area contributed by atoms with Gasteiger partial charge in [-0.2, -0.15) is 0 Å². The van der Waals surface area contributed by atoms with Gasteiger partial charge in [-0.25, -0.2) is 4.99 Å². The van der Waals surface area contributed by atoms with Crippen molar-refractivity contribution in [3.8, 4) is 0 Å². The van der Waals surface area contributed by atoms with E-state index in [1.165, 1.54) is 4.90 Å². The molecule has 0 bridgehead atoms. The normalized spacial score (nSPS) is 15.1. The van der Waals surface area contributed by atoms with Crippen molar-refractivity contribution in [2.24, 2.45) is 4.99 Å². The first-order valence-corrected chi connectivity index (χ1v) is 10.1. The molecule has 1 atom stereocenters. The van der Waals surface area contributed by atoms with Crippen LogP contribution in [-0.4, -0.2) is 30.1 Å². The van der Waals surface area contributed by atoms with Gasteiger partial charge in [0.2, 0.25) is 11.8 Å². The SMILES string of the molecule is CC[C@H](C)NC(=O)CN1C(=O)CC(c2ccc(Br)s2)=Nc2ccccc21. The number of rotatable bonds is 5. The molecule has 136 valence electrons. The topological polar surface area (TPSA) is 61.8 Å². The molecule has 0 saturated heterocycles. The molecular weight excluding hydrogens is 414 g/mol. The molecule has 0 spiro atoms. The highest BCUT2D eigenvalue weighted by molar-refractivity contribution is 9.11. The lowest BCUT2D eigenvalue weighted by Gasteiger charge is -2.23. The molecule has 2 heterocycles. The number of anilines is 1. The van der Waals surface area contributed by atoms with Gasteiger partial charge >= 0.3 is 0 Å². The molecule has 5 nitrogen and oxygen atoms in total. The fourth-order valence-electron chi connectivity index (χ4n) is 2.70. The molecule has 1 N–H and O–H groups in total. The second-order valence-electron chi connectivity index (χ2n) is 6.18. The number of halogens is 1. The average molecular weight is 434 g/mol. The van der Waals surface area contributed by atoms with Gasteiger partial charge in [-0.3, -0.25) is 9.59 Å². The number of nitrogens with one attached hydrogen (secondary N) is 1. The first-order valence-electron chi connectivity index (χ1n) is 8.50. The Morgan fingerprint density at radius 2 is 2.12 bits per heavy atom. The van der Waals surface area contributed by atoms with Crippen LogP contribution >= 0.6 is 27.3 Å². The first-order chi connectivity index (χ1) is 12.5. The van der Waals surface area contributed by atoms with Crippen LogP contribution in [0, 0.1) is 0 Å². The number of hydrogen-bond donors (Lipinski definition) is 1. The van der Waals surface area contributed by atoms with Crippen LogP contribution in [0.4, 0.5) is 11.4 Å². The molecule has 1 aromatic heterocycles. The predicted octanol–water partition coefficient (Wildman–Crippen LogP) is 4.28. The monoisotopic (exact) mass is 433 g/mol. The van der Waals surface area contributed by atoms with Crippen LogP contribution < -0.4 is 10.2 Å². The van der Waals surface area contributed by atoms with E-state index in [2.05, 4.69) is 21.2 Å². The number of carbonyl (C=O) groups is 2. The van der Waals surface area contributed by atoms with Crippen molar-refractivity contribution in [2.45, 2.75) is 32.7 Å². The minimum atomic E-state index is -0.162. The summed E-state index contributed by atoms with van der Waals surface area (Å²) in [6.07, 6.45) is 1.01. The van der Waals surface area contributed by atoms with Crippen LogP contribution in [-0.2, 0) is 9.59 Å². The second kappa shape index (κ2) is 8.14. The van der Waals surface area contributed by atoms with E-state index in [1.54, 1.807) is 11.3 Å². The van der Waals surface area contributed by atoms with Crippen LogP contribution in [0.5, 0.6) is 0 Å². The number of para-hydroxylation sites is 2. The van der Waals surface area contributed by atoms with Crippen molar-refractivity contribution in [3.05, 3.63) is 45.1 Å². The Labute approximate surface area is 165 Å². The van der Waals surface area contributed by atoms with Gasteiger partial charge in [0.15, 0.2) is 0 Å². The van der Waals surface area contributed by atoms with Crippen LogP contribution in [0.1, 0.15) is 31.6 Å². The standard InChI is InChI=1S/C19H20BrN3O2S/c1-3-12(2)21-18(24)11-23-15-7-5-4-6-13(15)22-14(10-19(23)25)16-8-9-17(20)26-16/h4-9,12H,3,10-11H2,1-2H3,(H,21,24)/t12-/m0/s1. The van der Waals surface area contributed by atoms with E-state index in [0.717, 1.165) is 20.8 Å². The molecule has 3 rings (SSSR count). The van der Waals surface area contributed by atoms with Crippen molar-refractivity contribution in [1.82, 2.24) is 5.32 Å². The number of thiophene rings is 1. The van der Waals surface area contributed by atoms with Crippen molar-refractivity contribution >= 4 is 56.2 Å². The molecule has 2 amide bonds. The van der Waals surface area contributed by atoms with Crippen LogP contribution in [0.15, 0.2) is 45.2 Å². The van der Waals surface area contributed by atoms with E-state index >= 15 is 0 Å². The molecule has 0 aliphatic carbocycles. The number of fused-ring (bicyclic) bond motifs is 1. The number of aliphatic imine (C=N–C) groups is 1. The number of amides is 2. The minimum Gasteiger partial charge on any atom is -0.352 e. The first kappa shape index (κ1) is 18.8. The Kier molecular flexibility index (Phi) is 5.88. The predicted molar refractivity (Wildman–Crippen MR) is 110 cm³/mol. The number of benzene rings is 1. The molecule has 1 aromatic carbocycles. The number of hydrogen-bond acceptors (Lipinski definition) is 4. The Balaban J connectivity index is 1.91. The summed E-state index contributed by atoms with van der Waals surface area (Å²) < 4.78 is 0.991. The van der Waals surface area contributed by atoms with E-state index in [4.69, 9.17) is 4.99 Å². The van der Waals surface area contributed by atoms with Gasteiger partial charge in [0.1, 0.15) is 6.54 Å². The van der Waals surface area contributed by atoms with Gasteiger partial charge in [-0.15, -0.1) is 11.3 Å². The maximum Gasteiger partial charge on any atom is 0.240 e. The smallest absolute Gasteiger partial charge is 0.240 e. The summed E-state index contributed by atoms with van der Waals surface area (Å²) in [4.78, 5) is 32.5. The van der Waals surface area contributed by atoms with E-state index in [1.807, 2.05) is 50.2 Å². The molecule has 2 aromatic rings. The summed E-state index contributed by atoms with van der Waals surface area (Å²) in [6, 6.07) is 11.4. The molecular formula is C19H20BrN3O2S. The van der Waals surface area contributed by atoms with E-state index < -0.39 is 0 Å². The second-order valence-corrected chi connectivity index (χ2v) is 8.65. The molecule has 0 saturated carbocycles. The summed E-state index contributed by atoms with van der Waals surface area (Å²) in [7, 11) is 0. The minimum absolute atomic E-state index is 0.00286. The van der Waals surface area contributed by atoms with Gasteiger partial charge in [0, 0.05) is 6.04 Å². The van der Waals surface area contributed by atoms with Crippen molar-refractivity contribution < 1.29 is 9.59 Å². The number of nitrogens with zero attached hydrogens (tertiary/aromatic N) is 2. The van der Waals surface area contributed by atoms with Crippen molar-refractivity contribution in [3.63, 3.8) is 0 Å². The molecule has 0 unspecified atom stereocenters. The van der Waals surface area contributed by atoms with Crippen LogP contribution in [0.2, 0.25) is 0 Å². The van der Waals surface area contributed by atoms with Crippen molar-refractivity contribution in [1.29, 1.82) is 0 Å². The van der Waals surface area contributed by atoms with Gasteiger partial charge in [-0.05, 0) is 53.5 Å². The van der Waals surface area contributed by atoms with E-state index in [0.29, 0.717) is 11.4 Å². The van der Waals surface area contributed by atoms with Gasteiger partial charge < -0.3 is 10.2 Å². The Morgan fingerprint density at radius 1 is 1.35 bits per heavy atom. The molecule has 7 heteroatoms. The molecule has 1 aliphatic heterocycles. The average Bonchev–Trinajstić information content (AvgIpc) is 3.00. The van der Waals surface area contributed by atoms with Gasteiger partial charge in [0.25, 0.3) is 0 Å². The highest BCUT2D eigenvalue weighted by Crippen LogP contribution is 2.34. The third-order valence-corrected chi connectivity index (χ3v) is 5.90. The zero-order valence-corrected chi connectivity index (χ0v) is 17.1. The van der Waals surface area contributed by atoms with Gasteiger partial charge in [-0.1, -0.05) is 19.1 Å². The summed E-state index contributed by atoms with van der Waals surface area (Å²) in [5, 5.41) is 2.92. The maximum atomic E-state index is 12.9. The summed E-state index contributed by atoms with van der Waals surface area (Å²) >= 11 is 5.00. The zero-order valence-electron chi connectivity index (χ0n) is 14.7. The van der Waals surface area contributed by atoms with Crippen LogP contribution in [0.3, 0.4) is 0 Å². The lowest BCUT2D eigenvalue weighted by atomic mass is 10.2. The maximum absolute atomic E-state index is 12.9. The molecule has 26 heavy (non-hydrogen) atoms. The van der Waals surface area contributed by atoms with Crippen molar-refractivity contribution in [2.75, 3.05) is 11.4 Å². The lowest BCUT2D eigenvalue weighted by Crippen LogP contribution is -2.43. The fourth-order valence-corrected chi connectivity index (χ4v) is 4.07. The Hall–Kier alpha value is -1.99. The molecule has 0 fully saturated rings. The third-order valence-electron chi connectivity index (χ3n) is 4.23. The highest BCUT2D eigenvalue weighted by atomic mass is 79.9. The molecule has 0 radical (unpaired) electrons. The Morgan fingerprint density at radius 3 is 2.81 bits per heavy atom. The van der Waals surface area contributed by atoms with E-state index in [9.17, 15) is 9.59 Å². The summed E-state index contributed by atoms with van der Waals surface area (Å²) in [5.74, 6) is -0.289. The third kappa shape index (κ3) is 4.22. The quantitative estimate of drug-likeness (QED) is 0.764. The zero-order chi connectivity index (χ0) is 18.7. The fraction of sp³-hybridized carbons (Fsp3) is 0.316.